The van der Waals surface area contributed by atoms with Gasteiger partial charge in [0.1, 0.15) is 0 Å². The molecule has 0 atom stereocenters. The molecule has 1 saturated heterocycles. The zero-order valence-corrected chi connectivity index (χ0v) is 18.5. The molecule has 0 amide bonds. The van der Waals surface area contributed by atoms with E-state index in [4.69, 9.17) is 0 Å². The Kier molecular flexibility index (Phi) is 7.63. The van der Waals surface area contributed by atoms with Crippen LogP contribution in [0.25, 0.3) is 0 Å². The zero-order valence-electron chi connectivity index (χ0n) is 17.6. The average molecular weight is 600 g/mol. The summed E-state index contributed by atoms with van der Waals surface area (Å²) in [5.74, 6) is 0. The molecule has 2 nitrogen and oxygen atoms in total. The normalized spacial score (nSPS) is 22.8. The van der Waals surface area contributed by atoms with Gasteiger partial charge in [-0.05, 0) is 0 Å². The Labute approximate surface area is 189 Å². The second kappa shape index (κ2) is 8.29. The number of halogens is 18. The Morgan fingerprint density at radius 2 is 0.722 bits per heavy atom. The molecule has 0 aromatic carbocycles. The molecule has 0 bridgehead atoms. The van der Waals surface area contributed by atoms with E-state index in [0.717, 1.165) is 0 Å². The van der Waals surface area contributed by atoms with Crippen LogP contribution in [0, 0.1) is 5.41 Å². The van der Waals surface area contributed by atoms with Crippen molar-refractivity contribution < 1.29 is 88.1 Å². The van der Waals surface area contributed by atoms with Crippen LogP contribution >= 0.6 is 7.06 Å². The van der Waals surface area contributed by atoms with E-state index in [1.165, 1.54) is 0 Å². The van der Waals surface area contributed by atoms with E-state index < -0.39 is 79.2 Å². The first kappa shape index (κ1) is 33.1. The minimum absolute atomic E-state index is 0.217. The SMILES string of the molecule is CC(C)(C)P1(OC(C(F)(F)F)C(F)(F)F)(OC(C(F)(F)F)C(F)(F)F)CC(C(F)(F)F)(C(F)(F)F)C1. The van der Waals surface area contributed by atoms with Crippen molar-refractivity contribution in [2.75, 3.05) is 12.3 Å². The van der Waals surface area contributed by atoms with Crippen molar-refractivity contribution in [3.05, 3.63) is 0 Å². The molecule has 0 unspecified atom stereocenters. The standard InChI is InChI=1S/C15H15F18O2P/c1-8(2,3)36(34-6(10(16,17)18)11(19,20)21,35-7(12(22,23)24)13(25,26)27)4-9(5-36,14(28,29)30)15(31,32)33/h6-7H,4-5H2,1-3H3. The number of rotatable bonds is 4. The summed E-state index contributed by atoms with van der Waals surface area (Å²) in [6.45, 7) is 0.652. The van der Waals surface area contributed by atoms with Crippen molar-refractivity contribution in [1.29, 1.82) is 0 Å². The fraction of sp³-hybridized carbons (Fsp3) is 1.00. The fourth-order valence-corrected chi connectivity index (χ4v) is 9.83. The van der Waals surface area contributed by atoms with Gasteiger partial charge in [0.15, 0.2) is 0 Å². The van der Waals surface area contributed by atoms with Crippen LogP contribution in [0.5, 0.6) is 0 Å². The van der Waals surface area contributed by atoms with E-state index in [1.807, 2.05) is 0 Å². The maximum atomic E-state index is 13.5. The van der Waals surface area contributed by atoms with Crippen molar-refractivity contribution in [1.82, 2.24) is 0 Å². The van der Waals surface area contributed by atoms with Gasteiger partial charge in [-0.1, -0.05) is 0 Å². The summed E-state index contributed by atoms with van der Waals surface area (Å²) in [6.07, 6.45) is -57.4. The quantitative estimate of drug-likeness (QED) is 0.239. The van der Waals surface area contributed by atoms with Crippen molar-refractivity contribution in [3.63, 3.8) is 0 Å². The van der Waals surface area contributed by atoms with Gasteiger partial charge in [-0.3, -0.25) is 0 Å². The molecule has 1 heterocycles. The molecule has 0 aliphatic carbocycles. The minimum atomic E-state index is -7.56. The second-order valence-corrected chi connectivity index (χ2v) is 14.0. The average Bonchev–Trinajstić information content (AvgIpc) is 2.44. The Balaban J connectivity index is 4.14. The molecule has 0 aromatic heterocycles. The summed E-state index contributed by atoms with van der Waals surface area (Å²) >= 11 is 0. The van der Waals surface area contributed by atoms with Gasteiger partial charge < -0.3 is 0 Å². The number of hydrogen-bond donors (Lipinski definition) is 0. The van der Waals surface area contributed by atoms with Crippen LogP contribution in [0.1, 0.15) is 20.8 Å². The van der Waals surface area contributed by atoms with Crippen LogP contribution in [-0.4, -0.2) is 66.7 Å². The van der Waals surface area contributed by atoms with Crippen LogP contribution in [0.15, 0.2) is 0 Å². The second-order valence-electron chi connectivity index (χ2n) is 9.02. The van der Waals surface area contributed by atoms with Crippen molar-refractivity contribution in [2.24, 2.45) is 5.41 Å². The molecule has 1 rings (SSSR count). The Bertz CT molecular complexity index is 706. The van der Waals surface area contributed by atoms with Gasteiger partial charge >= 0.3 is 188 Å². The molecule has 0 aromatic rings. The Hall–Kier alpha value is -0.910. The molecule has 0 spiro atoms. The first-order valence-corrected chi connectivity index (χ1v) is 11.4. The van der Waals surface area contributed by atoms with Crippen molar-refractivity contribution in [2.45, 2.75) is 75.2 Å². The summed E-state index contributed by atoms with van der Waals surface area (Å²) in [6, 6.07) is 0. The molecule has 21 heteroatoms. The van der Waals surface area contributed by atoms with E-state index in [-0.39, 0.29) is 20.8 Å². The summed E-state index contributed by atoms with van der Waals surface area (Å²) in [7, 11) is -7.56. The van der Waals surface area contributed by atoms with E-state index in [1.54, 1.807) is 0 Å². The molecular weight excluding hydrogens is 585 g/mol. The van der Waals surface area contributed by atoms with Gasteiger partial charge in [-0.25, -0.2) is 0 Å². The molecule has 0 N–H and O–H groups in total. The van der Waals surface area contributed by atoms with Gasteiger partial charge in [0, 0.05) is 0 Å². The molecule has 218 valence electrons. The van der Waals surface area contributed by atoms with E-state index >= 15 is 0 Å². The van der Waals surface area contributed by atoms with Gasteiger partial charge in [0.05, 0.1) is 0 Å². The van der Waals surface area contributed by atoms with E-state index in [9.17, 15) is 79.0 Å². The van der Waals surface area contributed by atoms with Crippen molar-refractivity contribution >= 4 is 7.06 Å². The van der Waals surface area contributed by atoms with Gasteiger partial charge in [-0.15, -0.1) is 0 Å². The maximum absolute atomic E-state index is 13.5. The predicted octanol–water partition coefficient (Wildman–Crippen LogP) is 8.31. The topological polar surface area (TPSA) is 18.5 Å². The predicted molar refractivity (Wildman–Crippen MR) is 84.9 cm³/mol. The zero-order chi connectivity index (χ0) is 29.4. The summed E-state index contributed by atoms with van der Waals surface area (Å²) in [5.41, 5.74) is -5.34. The molecule has 0 radical (unpaired) electrons. The molecule has 36 heavy (non-hydrogen) atoms. The van der Waals surface area contributed by atoms with Gasteiger partial charge in [0.25, 0.3) is 0 Å². The summed E-state index contributed by atoms with van der Waals surface area (Å²) in [5, 5.41) is -3.10. The third-order valence-corrected chi connectivity index (χ3v) is 12.4. The van der Waals surface area contributed by atoms with Gasteiger partial charge in [-0.2, -0.15) is 0 Å². The van der Waals surface area contributed by atoms with Crippen molar-refractivity contribution in [3.8, 4) is 0 Å². The third-order valence-electron chi connectivity index (χ3n) is 5.65. The molecule has 1 aliphatic heterocycles. The molecule has 1 fully saturated rings. The molecule has 0 saturated carbocycles. The third kappa shape index (κ3) is 5.45. The van der Waals surface area contributed by atoms with Crippen LogP contribution < -0.4 is 0 Å². The first-order chi connectivity index (χ1) is 15.2. The van der Waals surface area contributed by atoms with Crippen LogP contribution in [0.3, 0.4) is 0 Å². The molecule has 1 aliphatic rings. The number of hydrogen-bond acceptors (Lipinski definition) is 2. The first-order valence-electron chi connectivity index (χ1n) is 8.96. The monoisotopic (exact) mass is 600 g/mol. The van der Waals surface area contributed by atoms with Gasteiger partial charge in [0.2, 0.25) is 0 Å². The Morgan fingerprint density at radius 1 is 0.500 bits per heavy atom. The fourth-order valence-electron chi connectivity index (χ4n) is 3.63. The van der Waals surface area contributed by atoms with Crippen LogP contribution in [0.2, 0.25) is 0 Å². The summed E-state index contributed by atoms with van der Waals surface area (Å²) in [4.78, 5) is 0. The van der Waals surface area contributed by atoms with E-state index in [2.05, 4.69) is 9.05 Å². The molecular formula is C15H15F18O2P. The van der Waals surface area contributed by atoms with Crippen LogP contribution in [-0.2, 0) is 9.05 Å². The van der Waals surface area contributed by atoms with Crippen LogP contribution in [0.4, 0.5) is 79.0 Å². The Morgan fingerprint density at radius 3 is 0.861 bits per heavy atom. The van der Waals surface area contributed by atoms with E-state index in [0.29, 0.717) is 0 Å². The number of alkyl halides is 18. The summed E-state index contributed by atoms with van der Waals surface area (Å²) < 4.78 is 246.